The molecule has 0 aliphatic heterocycles. The molecule has 0 saturated carbocycles. The first kappa shape index (κ1) is 12.7. The van der Waals surface area contributed by atoms with Gasteiger partial charge in [-0.3, -0.25) is 4.39 Å². The van der Waals surface area contributed by atoms with Gasteiger partial charge in [-0.25, -0.2) is 4.39 Å². The minimum Gasteiger partial charge on any atom is -0.281 e. The summed E-state index contributed by atoms with van der Waals surface area (Å²) in [6.07, 6.45) is 0.806. The maximum atomic E-state index is 13.0. The molecule has 0 aromatic heterocycles. The third-order valence-corrected chi connectivity index (χ3v) is 2.06. The summed E-state index contributed by atoms with van der Waals surface area (Å²) in [6.45, 7) is 3.82. The van der Waals surface area contributed by atoms with E-state index in [-0.39, 0.29) is 26.3 Å². The average molecular weight is 355 g/mol. The summed E-state index contributed by atoms with van der Waals surface area (Å²) in [5.41, 5.74) is 0.439. The Morgan fingerprint density at radius 1 is 1.46 bits per heavy atom. The standard InChI is InChI=1S/C10H11F2.Re/c1-3-7(2)8-5-4-6-9(11)10(8)12;/h4-5,7H,3H2,1-2H3;/q-1;. The van der Waals surface area contributed by atoms with Crippen LogP contribution in [0.5, 0.6) is 0 Å². The monoisotopic (exact) mass is 356 g/mol. The first-order valence-electron chi connectivity index (χ1n) is 4.02. The molecule has 0 spiro atoms. The first-order chi connectivity index (χ1) is 5.66. The number of hydrogen-bond acceptors (Lipinski definition) is 0. The summed E-state index contributed by atoms with van der Waals surface area (Å²) < 4.78 is 25.7. The van der Waals surface area contributed by atoms with Gasteiger partial charge >= 0.3 is 0 Å². The number of benzene rings is 1. The van der Waals surface area contributed by atoms with E-state index in [0.717, 1.165) is 6.42 Å². The normalized spacial score (nSPS) is 12.0. The van der Waals surface area contributed by atoms with Crippen LogP contribution in [0.4, 0.5) is 8.78 Å². The van der Waals surface area contributed by atoms with Crippen molar-refractivity contribution >= 4 is 0 Å². The van der Waals surface area contributed by atoms with Crippen molar-refractivity contribution in [3.05, 3.63) is 35.4 Å². The van der Waals surface area contributed by atoms with Gasteiger partial charge in [0.05, 0.1) is 0 Å². The molecule has 0 fully saturated rings. The van der Waals surface area contributed by atoms with Crippen LogP contribution in [0.3, 0.4) is 0 Å². The van der Waals surface area contributed by atoms with Gasteiger partial charge in [0.25, 0.3) is 0 Å². The van der Waals surface area contributed by atoms with E-state index in [9.17, 15) is 8.78 Å². The zero-order valence-corrected chi connectivity index (χ0v) is 10.3. The Morgan fingerprint density at radius 2 is 2.08 bits per heavy atom. The zero-order chi connectivity index (χ0) is 9.14. The predicted octanol–water partition coefficient (Wildman–Crippen LogP) is 3.28. The van der Waals surface area contributed by atoms with E-state index in [1.54, 1.807) is 6.07 Å². The summed E-state index contributed by atoms with van der Waals surface area (Å²) in [5.74, 6) is -1.58. The molecule has 73 valence electrons. The molecule has 0 N–H and O–H groups in total. The molecule has 1 radical (unpaired) electrons. The van der Waals surface area contributed by atoms with Crippen molar-refractivity contribution in [3.8, 4) is 0 Å². The summed E-state index contributed by atoms with van der Waals surface area (Å²) in [5, 5.41) is 0. The van der Waals surface area contributed by atoms with Crippen molar-refractivity contribution in [1.29, 1.82) is 0 Å². The molecule has 0 amide bonds. The van der Waals surface area contributed by atoms with Gasteiger partial charge in [-0.2, -0.15) is 12.1 Å². The molecular formula is C10H11F2Re-. The summed E-state index contributed by atoms with van der Waals surface area (Å²) in [4.78, 5) is 0. The molecule has 0 saturated heterocycles. The second-order valence-corrected chi connectivity index (χ2v) is 2.87. The zero-order valence-electron chi connectivity index (χ0n) is 7.57. The van der Waals surface area contributed by atoms with E-state index in [1.807, 2.05) is 13.8 Å². The van der Waals surface area contributed by atoms with Crippen LogP contribution in [0, 0.1) is 17.7 Å². The predicted molar refractivity (Wildman–Crippen MR) is 43.9 cm³/mol. The van der Waals surface area contributed by atoms with E-state index in [2.05, 4.69) is 6.07 Å². The molecule has 0 nitrogen and oxygen atoms in total. The third kappa shape index (κ3) is 2.86. The Morgan fingerprint density at radius 3 is 2.62 bits per heavy atom. The molecule has 1 atom stereocenters. The van der Waals surface area contributed by atoms with Gasteiger partial charge < -0.3 is 0 Å². The Hall–Kier alpha value is -0.258. The van der Waals surface area contributed by atoms with Crippen LogP contribution in [0.2, 0.25) is 0 Å². The number of rotatable bonds is 2. The van der Waals surface area contributed by atoms with Crippen molar-refractivity contribution in [2.45, 2.75) is 26.2 Å². The second-order valence-electron chi connectivity index (χ2n) is 2.87. The molecule has 3 heteroatoms. The second kappa shape index (κ2) is 5.47. The van der Waals surface area contributed by atoms with E-state index >= 15 is 0 Å². The van der Waals surface area contributed by atoms with Crippen molar-refractivity contribution in [3.63, 3.8) is 0 Å². The van der Waals surface area contributed by atoms with Crippen LogP contribution in [-0.2, 0) is 20.4 Å². The van der Waals surface area contributed by atoms with Gasteiger partial charge in [-0.15, -0.1) is 11.6 Å². The summed E-state index contributed by atoms with van der Waals surface area (Å²) in [7, 11) is 0. The Labute approximate surface area is 91.0 Å². The maximum Gasteiger partial charge on any atom is 0.0469 e. The molecule has 0 heterocycles. The first-order valence-corrected chi connectivity index (χ1v) is 4.02. The van der Waals surface area contributed by atoms with Crippen LogP contribution in [0.1, 0.15) is 31.7 Å². The molecule has 1 unspecified atom stereocenters. The van der Waals surface area contributed by atoms with E-state index in [1.165, 1.54) is 6.07 Å². The summed E-state index contributed by atoms with van der Waals surface area (Å²) >= 11 is 0. The van der Waals surface area contributed by atoms with Crippen molar-refractivity contribution in [1.82, 2.24) is 0 Å². The van der Waals surface area contributed by atoms with Gasteiger partial charge in [0.1, 0.15) is 0 Å². The molecule has 1 aromatic rings. The van der Waals surface area contributed by atoms with Crippen LogP contribution in [0.25, 0.3) is 0 Å². The van der Waals surface area contributed by atoms with Gasteiger partial charge in [-0.1, -0.05) is 20.3 Å². The molecule has 0 aliphatic carbocycles. The summed E-state index contributed by atoms with van der Waals surface area (Å²) in [6, 6.07) is 5.17. The SMILES string of the molecule is CCC(C)c1cc[c-]c(F)c1F.[Re]. The number of halogens is 2. The molecule has 0 aliphatic rings. The Kier molecular flexibility index (Phi) is 5.36. The third-order valence-electron chi connectivity index (χ3n) is 2.06. The van der Waals surface area contributed by atoms with Gasteiger partial charge in [0.2, 0.25) is 0 Å². The topological polar surface area (TPSA) is 0 Å². The molecule has 0 bridgehead atoms. The van der Waals surface area contributed by atoms with Gasteiger partial charge in [0.15, 0.2) is 0 Å². The van der Waals surface area contributed by atoms with Crippen molar-refractivity contribution < 1.29 is 29.2 Å². The molecule has 1 rings (SSSR count). The Bertz CT molecular complexity index is 274. The van der Waals surface area contributed by atoms with Crippen LogP contribution in [0.15, 0.2) is 12.1 Å². The Balaban J connectivity index is 0.00000144. The largest absolute Gasteiger partial charge is 0.281 e. The van der Waals surface area contributed by atoms with Crippen LogP contribution in [-0.4, -0.2) is 0 Å². The van der Waals surface area contributed by atoms with E-state index in [4.69, 9.17) is 0 Å². The van der Waals surface area contributed by atoms with E-state index in [0.29, 0.717) is 5.56 Å². The van der Waals surface area contributed by atoms with Gasteiger partial charge in [0, 0.05) is 32.1 Å². The van der Waals surface area contributed by atoms with Gasteiger partial charge in [-0.05, 0) is 5.92 Å². The molecule has 1 aromatic carbocycles. The van der Waals surface area contributed by atoms with Crippen LogP contribution < -0.4 is 0 Å². The number of hydrogen-bond donors (Lipinski definition) is 0. The minimum absolute atomic E-state index is 0. The van der Waals surface area contributed by atoms with Crippen molar-refractivity contribution in [2.24, 2.45) is 0 Å². The fraction of sp³-hybridized carbons (Fsp3) is 0.400. The molecule has 13 heavy (non-hydrogen) atoms. The fourth-order valence-electron chi connectivity index (χ4n) is 1.07. The van der Waals surface area contributed by atoms with E-state index < -0.39 is 11.6 Å². The minimum atomic E-state index is -0.882. The quantitative estimate of drug-likeness (QED) is 0.715. The fourth-order valence-corrected chi connectivity index (χ4v) is 1.07. The average Bonchev–Trinajstić information content (AvgIpc) is 2.08. The molecular weight excluding hydrogens is 344 g/mol. The maximum absolute atomic E-state index is 13.0. The van der Waals surface area contributed by atoms with Crippen LogP contribution >= 0.6 is 0 Å². The van der Waals surface area contributed by atoms with Crippen molar-refractivity contribution in [2.75, 3.05) is 0 Å². The smallest absolute Gasteiger partial charge is 0.0469 e.